The Bertz CT molecular complexity index is 818. The highest BCUT2D eigenvalue weighted by Crippen LogP contribution is 2.24. The van der Waals surface area contributed by atoms with E-state index in [9.17, 15) is 13.6 Å². The average molecular weight is 496 g/mol. The molecule has 0 unspecified atom stereocenters. The summed E-state index contributed by atoms with van der Waals surface area (Å²) < 4.78 is 29.8. The molecule has 0 spiro atoms. The molecule has 0 bridgehead atoms. The number of amides is 1. The van der Waals surface area contributed by atoms with Gasteiger partial charge in [0.15, 0.2) is 11.6 Å². The molecule has 1 aromatic carbocycles. The first-order valence-electron chi connectivity index (χ1n) is 9.44. The Balaban J connectivity index is 0.000000745. The monoisotopic (exact) mass is 495 g/mol. The summed E-state index contributed by atoms with van der Waals surface area (Å²) in [6.45, 7) is 9.20. The maximum Gasteiger partial charge on any atom is 0.408 e. The van der Waals surface area contributed by atoms with Gasteiger partial charge in [0.25, 0.3) is 0 Å². The first kappa shape index (κ1) is 28.2. The molecule has 1 heterocycles. The van der Waals surface area contributed by atoms with E-state index in [0.29, 0.717) is 10.3 Å². The summed E-state index contributed by atoms with van der Waals surface area (Å²) in [6, 6.07) is 4.80. The van der Waals surface area contributed by atoms with E-state index >= 15 is 0 Å². The number of benzene rings is 1. The Hall–Kier alpha value is -2.79. The lowest BCUT2D eigenvalue weighted by molar-refractivity contribution is 0.0499. The second-order valence-electron chi connectivity index (χ2n) is 7.06. The number of unbranched alkanes of at least 4 members (excludes halogenated alkanes) is 1. The van der Waals surface area contributed by atoms with Crippen LogP contribution >= 0.6 is 15.9 Å². The quantitative estimate of drug-likeness (QED) is 0.287. The van der Waals surface area contributed by atoms with Crippen LogP contribution in [0.2, 0.25) is 0 Å². The third kappa shape index (κ3) is 12.5. The molecule has 5 nitrogen and oxygen atoms in total. The highest BCUT2D eigenvalue weighted by molar-refractivity contribution is 9.10. The number of nitrogens with zero attached hydrogens (tertiary/aromatic N) is 2. The van der Waals surface area contributed by atoms with Crippen LogP contribution in [-0.4, -0.2) is 21.7 Å². The van der Waals surface area contributed by atoms with Crippen molar-refractivity contribution in [2.24, 2.45) is 0 Å². The molecule has 0 aliphatic heterocycles. The minimum atomic E-state index is -0.799. The van der Waals surface area contributed by atoms with E-state index in [2.05, 4.69) is 50.6 Å². The van der Waals surface area contributed by atoms with Crippen molar-refractivity contribution in [1.29, 1.82) is 0 Å². The van der Waals surface area contributed by atoms with Crippen molar-refractivity contribution in [3.8, 4) is 12.8 Å². The number of aromatic nitrogens is 2. The van der Waals surface area contributed by atoms with Crippen LogP contribution in [0.1, 0.15) is 51.8 Å². The first-order valence-corrected chi connectivity index (χ1v) is 10.2. The first-order chi connectivity index (χ1) is 14.6. The number of rotatable bonds is 6. The standard InChI is InChI=1S/C15H22BrN3O2.C6H4F2.C2H2/c1-5-6-7-8-11(12-13(16)18-10-9-17-12)19-14(20)21-15(2,3)4;7-5-3-1-2-4-6(5)8;1-2/h5,9-11H,1,6-8H2,2-4H3,(H,19,20);1-4H;1-2H/t11-;;/m0../s1. The van der Waals surface area contributed by atoms with Crippen LogP contribution < -0.4 is 5.32 Å². The zero-order valence-corrected chi connectivity index (χ0v) is 19.5. The molecule has 2 rings (SSSR count). The van der Waals surface area contributed by atoms with Crippen LogP contribution in [0.5, 0.6) is 0 Å². The predicted octanol–water partition coefficient (Wildman–Crippen LogP) is 6.38. The van der Waals surface area contributed by atoms with E-state index in [-0.39, 0.29) is 6.04 Å². The van der Waals surface area contributed by atoms with Crippen LogP contribution in [0.3, 0.4) is 0 Å². The fraction of sp³-hybridized carbons (Fsp3) is 0.348. The van der Waals surface area contributed by atoms with E-state index < -0.39 is 23.3 Å². The number of hydrogen-bond donors (Lipinski definition) is 1. The summed E-state index contributed by atoms with van der Waals surface area (Å²) >= 11 is 3.37. The minimum Gasteiger partial charge on any atom is -0.444 e. The summed E-state index contributed by atoms with van der Waals surface area (Å²) in [5, 5.41) is 2.86. The maximum absolute atomic E-state index is 12.0. The van der Waals surface area contributed by atoms with Gasteiger partial charge in [0, 0.05) is 12.4 Å². The third-order valence-electron chi connectivity index (χ3n) is 3.43. The Kier molecular flexibility index (Phi) is 13.7. The van der Waals surface area contributed by atoms with Gasteiger partial charge in [-0.05, 0) is 68.1 Å². The molecular formula is C23H28BrF2N3O2. The van der Waals surface area contributed by atoms with Gasteiger partial charge in [-0.3, -0.25) is 4.98 Å². The van der Waals surface area contributed by atoms with Gasteiger partial charge < -0.3 is 10.1 Å². The van der Waals surface area contributed by atoms with Crippen LogP contribution in [0.4, 0.5) is 13.6 Å². The zero-order valence-electron chi connectivity index (χ0n) is 17.9. The molecular weight excluding hydrogens is 468 g/mol. The second-order valence-corrected chi connectivity index (χ2v) is 7.82. The molecule has 0 saturated heterocycles. The summed E-state index contributed by atoms with van der Waals surface area (Å²) in [4.78, 5) is 20.4. The molecule has 1 aromatic heterocycles. The molecule has 1 N–H and O–H groups in total. The second kappa shape index (κ2) is 15.1. The molecule has 31 heavy (non-hydrogen) atoms. The van der Waals surface area contributed by atoms with Gasteiger partial charge in [0.2, 0.25) is 0 Å². The van der Waals surface area contributed by atoms with Crippen LogP contribution in [0, 0.1) is 24.5 Å². The number of terminal acetylenes is 1. The summed E-state index contributed by atoms with van der Waals surface area (Å²) in [5.74, 6) is -1.60. The van der Waals surface area contributed by atoms with Gasteiger partial charge in [0.1, 0.15) is 10.2 Å². The summed E-state index contributed by atoms with van der Waals surface area (Å²) in [5.41, 5.74) is 0.169. The van der Waals surface area contributed by atoms with Gasteiger partial charge >= 0.3 is 6.09 Å². The van der Waals surface area contributed by atoms with Gasteiger partial charge in [-0.1, -0.05) is 18.2 Å². The lowest BCUT2D eigenvalue weighted by Gasteiger charge is -2.23. The number of halogens is 3. The van der Waals surface area contributed by atoms with Crippen molar-refractivity contribution in [2.45, 2.75) is 51.7 Å². The van der Waals surface area contributed by atoms with Crippen molar-refractivity contribution < 1.29 is 18.3 Å². The fourth-order valence-electron chi connectivity index (χ4n) is 2.20. The lowest BCUT2D eigenvalue weighted by atomic mass is 10.1. The Morgan fingerprint density at radius 1 is 1.23 bits per heavy atom. The number of hydrogen-bond acceptors (Lipinski definition) is 4. The molecule has 0 aliphatic rings. The molecule has 1 amide bonds. The zero-order chi connectivity index (χ0) is 23.9. The number of allylic oxidation sites excluding steroid dienone is 1. The molecule has 0 radical (unpaired) electrons. The highest BCUT2D eigenvalue weighted by atomic mass is 79.9. The van der Waals surface area contributed by atoms with E-state index in [1.807, 2.05) is 26.8 Å². The third-order valence-corrected chi connectivity index (χ3v) is 4.04. The Labute approximate surface area is 191 Å². The van der Waals surface area contributed by atoms with E-state index in [1.165, 1.54) is 12.1 Å². The average Bonchev–Trinajstić information content (AvgIpc) is 2.71. The molecule has 0 saturated carbocycles. The number of ether oxygens (including phenoxy) is 1. The number of carbonyl (C=O) groups excluding carboxylic acids is 1. The molecule has 2 aromatic rings. The fourth-order valence-corrected chi connectivity index (χ4v) is 2.70. The van der Waals surface area contributed by atoms with Gasteiger partial charge in [-0.2, -0.15) is 0 Å². The van der Waals surface area contributed by atoms with Crippen molar-refractivity contribution >= 4 is 22.0 Å². The normalized spacial score (nSPS) is 11.0. The van der Waals surface area contributed by atoms with Gasteiger partial charge in [-0.15, -0.1) is 19.4 Å². The molecule has 168 valence electrons. The van der Waals surface area contributed by atoms with E-state index in [4.69, 9.17) is 4.74 Å². The molecule has 1 atom stereocenters. The minimum absolute atomic E-state index is 0.247. The van der Waals surface area contributed by atoms with Crippen LogP contribution in [-0.2, 0) is 4.74 Å². The van der Waals surface area contributed by atoms with E-state index in [1.54, 1.807) is 12.4 Å². The maximum atomic E-state index is 12.0. The number of alkyl carbamates (subject to hydrolysis) is 1. The lowest BCUT2D eigenvalue weighted by Crippen LogP contribution is -2.35. The number of carbonyl (C=O) groups is 1. The molecule has 0 fully saturated rings. The molecule has 0 aliphatic carbocycles. The number of nitrogens with one attached hydrogen (secondary N) is 1. The van der Waals surface area contributed by atoms with Crippen molar-refractivity contribution in [1.82, 2.24) is 15.3 Å². The van der Waals surface area contributed by atoms with Crippen LogP contribution in [0.25, 0.3) is 0 Å². The highest BCUT2D eigenvalue weighted by Gasteiger charge is 2.22. The van der Waals surface area contributed by atoms with Gasteiger partial charge in [0.05, 0.1) is 11.7 Å². The largest absolute Gasteiger partial charge is 0.444 e. The van der Waals surface area contributed by atoms with Crippen molar-refractivity contribution in [2.75, 3.05) is 0 Å². The Morgan fingerprint density at radius 2 is 1.77 bits per heavy atom. The van der Waals surface area contributed by atoms with Crippen LogP contribution in [0.15, 0.2) is 53.9 Å². The topological polar surface area (TPSA) is 64.1 Å². The summed E-state index contributed by atoms with van der Waals surface area (Å²) in [6.07, 6.45) is 15.1. The SMILES string of the molecule is C#C.C=CCCC[C@H](NC(=O)OC(C)(C)C)c1nccnc1Br.Fc1ccccc1F. The van der Waals surface area contributed by atoms with Gasteiger partial charge in [-0.25, -0.2) is 18.6 Å². The molecule has 8 heteroatoms. The van der Waals surface area contributed by atoms with Crippen molar-refractivity contribution in [3.05, 3.63) is 71.2 Å². The van der Waals surface area contributed by atoms with E-state index in [0.717, 1.165) is 31.4 Å². The smallest absolute Gasteiger partial charge is 0.408 e. The summed E-state index contributed by atoms with van der Waals surface area (Å²) in [7, 11) is 0. The Morgan fingerprint density at radius 3 is 2.23 bits per heavy atom. The predicted molar refractivity (Wildman–Crippen MR) is 122 cm³/mol. The van der Waals surface area contributed by atoms with Crippen molar-refractivity contribution in [3.63, 3.8) is 0 Å².